The lowest BCUT2D eigenvalue weighted by molar-refractivity contribution is -0.384. The number of carboxylic acids is 1. The van der Waals surface area contributed by atoms with Crippen molar-refractivity contribution in [3.63, 3.8) is 0 Å². The zero-order valence-corrected chi connectivity index (χ0v) is 9.57. The van der Waals surface area contributed by atoms with E-state index in [1.165, 1.54) is 13.0 Å². The van der Waals surface area contributed by atoms with Gasteiger partial charge in [0.25, 0.3) is 5.69 Å². The van der Waals surface area contributed by atoms with Crippen LogP contribution in [-0.2, 0) is 4.79 Å². The first kappa shape index (κ1) is 12.3. The first-order valence-corrected chi connectivity index (χ1v) is 5.32. The number of hydrogen-bond donors (Lipinski definition) is 2. The highest BCUT2D eigenvalue weighted by molar-refractivity contribution is 5.87. The standard InChI is InChI=1S/C11H11FN2O4/c1-6-4-8(9(14(17)18)5-7(6)12)13-11(2-3-11)10(15)16/h4-5,13H,2-3H2,1H3,(H,15,16). The second-order valence-corrected chi connectivity index (χ2v) is 4.39. The summed E-state index contributed by atoms with van der Waals surface area (Å²) < 4.78 is 13.3. The van der Waals surface area contributed by atoms with Gasteiger partial charge < -0.3 is 10.4 Å². The molecular weight excluding hydrogens is 243 g/mol. The smallest absolute Gasteiger partial charge is 0.329 e. The summed E-state index contributed by atoms with van der Waals surface area (Å²) in [7, 11) is 0. The molecule has 0 spiro atoms. The van der Waals surface area contributed by atoms with Crippen LogP contribution in [0, 0.1) is 22.9 Å². The number of aliphatic carboxylic acids is 1. The van der Waals surface area contributed by atoms with Gasteiger partial charge in [-0.2, -0.15) is 0 Å². The predicted molar refractivity (Wildman–Crippen MR) is 61.0 cm³/mol. The maximum Gasteiger partial charge on any atom is 0.329 e. The van der Waals surface area contributed by atoms with Crippen LogP contribution in [0.3, 0.4) is 0 Å². The number of carbonyl (C=O) groups is 1. The van der Waals surface area contributed by atoms with Gasteiger partial charge >= 0.3 is 5.97 Å². The fourth-order valence-corrected chi connectivity index (χ4v) is 1.70. The molecule has 0 radical (unpaired) electrons. The summed E-state index contributed by atoms with van der Waals surface area (Å²) >= 11 is 0. The fourth-order valence-electron chi connectivity index (χ4n) is 1.70. The number of nitrogens with zero attached hydrogens (tertiary/aromatic N) is 1. The molecule has 0 heterocycles. The third-order valence-corrected chi connectivity index (χ3v) is 3.01. The zero-order chi connectivity index (χ0) is 13.5. The molecule has 0 amide bonds. The van der Waals surface area contributed by atoms with E-state index in [0.717, 1.165) is 6.07 Å². The molecular formula is C11H11FN2O4. The number of anilines is 1. The van der Waals surface area contributed by atoms with E-state index < -0.39 is 27.9 Å². The first-order valence-electron chi connectivity index (χ1n) is 5.32. The molecule has 6 nitrogen and oxygen atoms in total. The molecule has 18 heavy (non-hydrogen) atoms. The monoisotopic (exact) mass is 254 g/mol. The zero-order valence-electron chi connectivity index (χ0n) is 9.57. The van der Waals surface area contributed by atoms with Crippen molar-refractivity contribution < 1.29 is 19.2 Å². The molecule has 0 saturated heterocycles. The highest BCUT2D eigenvalue weighted by Crippen LogP contribution is 2.41. The maximum atomic E-state index is 13.3. The van der Waals surface area contributed by atoms with Gasteiger partial charge in [-0.05, 0) is 31.4 Å². The van der Waals surface area contributed by atoms with Crippen LogP contribution in [0.4, 0.5) is 15.8 Å². The van der Waals surface area contributed by atoms with Crippen molar-refractivity contribution in [2.45, 2.75) is 25.3 Å². The normalized spacial score (nSPS) is 16.1. The topological polar surface area (TPSA) is 92.5 Å². The lowest BCUT2D eigenvalue weighted by atomic mass is 10.1. The molecule has 1 saturated carbocycles. The van der Waals surface area contributed by atoms with Crippen LogP contribution < -0.4 is 5.32 Å². The molecule has 1 aliphatic carbocycles. The van der Waals surface area contributed by atoms with Crippen LogP contribution in [0.25, 0.3) is 0 Å². The minimum Gasteiger partial charge on any atom is -0.480 e. The Labute approximate surface area is 102 Å². The third kappa shape index (κ3) is 1.99. The number of nitro benzene ring substituents is 1. The highest BCUT2D eigenvalue weighted by Gasteiger charge is 2.51. The molecule has 2 N–H and O–H groups in total. The average molecular weight is 254 g/mol. The second-order valence-electron chi connectivity index (χ2n) is 4.39. The summed E-state index contributed by atoms with van der Waals surface area (Å²) in [6, 6.07) is 2.06. The molecule has 0 unspecified atom stereocenters. The lowest BCUT2D eigenvalue weighted by Crippen LogP contribution is -2.31. The van der Waals surface area contributed by atoms with E-state index >= 15 is 0 Å². The fraction of sp³-hybridized carbons (Fsp3) is 0.364. The predicted octanol–water partition coefficient (Wildman–Crippen LogP) is 2.07. The van der Waals surface area contributed by atoms with Gasteiger partial charge in [0.1, 0.15) is 17.0 Å². The van der Waals surface area contributed by atoms with Crippen molar-refractivity contribution >= 4 is 17.3 Å². The number of benzene rings is 1. The van der Waals surface area contributed by atoms with Gasteiger partial charge in [-0.15, -0.1) is 0 Å². The van der Waals surface area contributed by atoms with Gasteiger partial charge in [0.2, 0.25) is 0 Å². The number of rotatable bonds is 4. The lowest BCUT2D eigenvalue weighted by Gasteiger charge is -2.14. The van der Waals surface area contributed by atoms with Crippen LogP contribution in [0.15, 0.2) is 12.1 Å². The Bertz CT molecular complexity index is 540. The van der Waals surface area contributed by atoms with E-state index in [1.54, 1.807) is 0 Å². The molecule has 1 aliphatic rings. The Morgan fingerprint density at radius 3 is 2.61 bits per heavy atom. The summed E-state index contributed by atoms with van der Waals surface area (Å²) in [5, 5.41) is 22.5. The SMILES string of the molecule is Cc1cc(NC2(C(=O)O)CC2)c([N+](=O)[O-])cc1F. The third-order valence-electron chi connectivity index (χ3n) is 3.01. The summed E-state index contributed by atoms with van der Waals surface area (Å²) in [5.41, 5.74) is -1.33. The maximum absolute atomic E-state index is 13.3. The number of carboxylic acid groups (broad SMARTS) is 1. The van der Waals surface area contributed by atoms with Gasteiger partial charge in [0.15, 0.2) is 0 Å². The Morgan fingerprint density at radius 1 is 1.56 bits per heavy atom. The summed E-state index contributed by atoms with van der Waals surface area (Å²) in [6.45, 7) is 1.46. The molecule has 1 aromatic carbocycles. The number of nitrogens with one attached hydrogen (secondary N) is 1. The summed E-state index contributed by atoms with van der Waals surface area (Å²) in [4.78, 5) is 21.1. The number of nitro groups is 1. The number of hydrogen-bond acceptors (Lipinski definition) is 4. The van der Waals surface area contributed by atoms with Crippen LogP contribution in [0.2, 0.25) is 0 Å². The van der Waals surface area contributed by atoms with Crippen molar-refractivity contribution in [1.82, 2.24) is 0 Å². The molecule has 1 fully saturated rings. The quantitative estimate of drug-likeness (QED) is 0.633. The number of aryl methyl sites for hydroxylation is 1. The van der Waals surface area contributed by atoms with E-state index in [9.17, 15) is 19.3 Å². The van der Waals surface area contributed by atoms with Crippen molar-refractivity contribution in [2.24, 2.45) is 0 Å². The molecule has 1 aromatic rings. The second kappa shape index (κ2) is 3.94. The van der Waals surface area contributed by atoms with Crippen molar-refractivity contribution in [1.29, 1.82) is 0 Å². The number of halogens is 1. The molecule has 7 heteroatoms. The van der Waals surface area contributed by atoms with Crippen molar-refractivity contribution in [3.8, 4) is 0 Å². The van der Waals surface area contributed by atoms with Crippen molar-refractivity contribution in [3.05, 3.63) is 33.6 Å². The van der Waals surface area contributed by atoms with Crippen LogP contribution >= 0.6 is 0 Å². The van der Waals surface area contributed by atoms with Gasteiger partial charge in [-0.1, -0.05) is 0 Å². The molecule has 0 aromatic heterocycles. The summed E-state index contributed by atoms with van der Waals surface area (Å²) in [6.07, 6.45) is 0.797. The van der Waals surface area contributed by atoms with E-state index in [0.29, 0.717) is 12.8 Å². The first-order chi connectivity index (χ1) is 8.35. The molecule has 0 atom stereocenters. The Hall–Kier alpha value is -2.18. The Morgan fingerprint density at radius 2 is 2.17 bits per heavy atom. The van der Waals surface area contributed by atoms with Crippen LogP contribution in [0.1, 0.15) is 18.4 Å². The molecule has 0 aliphatic heterocycles. The average Bonchev–Trinajstić information content (AvgIpc) is 3.03. The van der Waals surface area contributed by atoms with E-state index in [4.69, 9.17) is 5.11 Å². The van der Waals surface area contributed by atoms with Crippen LogP contribution in [0.5, 0.6) is 0 Å². The Balaban J connectivity index is 2.41. The van der Waals surface area contributed by atoms with Crippen molar-refractivity contribution in [2.75, 3.05) is 5.32 Å². The molecule has 96 valence electrons. The van der Waals surface area contributed by atoms with Gasteiger partial charge in [0.05, 0.1) is 11.0 Å². The minimum atomic E-state index is -1.14. The Kier molecular flexibility index (Phi) is 2.68. The van der Waals surface area contributed by atoms with Crippen LogP contribution in [-0.4, -0.2) is 21.5 Å². The highest BCUT2D eigenvalue weighted by atomic mass is 19.1. The summed E-state index contributed by atoms with van der Waals surface area (Å²) in [5.74, 6) is -1.74. The largest absolute Gasteiger partial charge is 0.480 e. The van der Waals surface area contributed by atoms with Gasteiger partial charge in [-0.3, -0.25) is 10.1 Å². The van der Waals surface area contributed by atoms with E-state index in [-0.39, 0.29) is 11.3 Å². The van der Waals surface area contributed by atoms with E-state index in [1.807, 2.05) is 0 Å². The van der Waals surface area contributed by atoms with Gasteiger partial charge in [-0.25, -0.2) is 9.18 Å². The van der Waals surface area contributed by atoms with E-state index in [2.05, 4.69) is 5.32 Å². The molecule has 0 bridgehead atoms. The minimum absolute atomic E-state index is 0.0406. The van der Waals surface area contributed by atoms with Gasteiger partial charge in [0, 0.05) is 0 Å². The molecule has 2 rings (SSSR count).